The van der Waals surface area contributed by atoms with Crippen LogP contribution >= 0.6 is 0 Å². The Kier molecular flexibility index (Phi) is 4.47. The molecule has 0 aliphatic carbocycles. The smallest absolute Gasteiger partial charge is 0.205 e. The van der Waals surface area contributed by atoms with Crippen molar-refractivity contribution >= 4 is 28.9 Å². The first-order chi connectivity index (χ1) is 13.1. The van der Waals surface area contributed by atoms with Gasteiger partial charge in [0.1, 0.15) is 12.9 Å². The highest BCUT2D eigenvalue weighted by atomic mass is 15.1. The molecule has 4 rings (SSSR count). The number of rotatable bonds is 4. The number of nitrogens with one attached hydrogen (secondary N) is 1. The van der Waals surface area contributed by atoms with Gasteiger partial charge >= 0.3 is 0 Å². The molecule has 27 heavy (non-hydrogen) atoms. The molecule has 134 valence electrons. The summed E-state index contributed by atoms with van der Waals surface area (Å²) in [6.45, 7) is 0. The number of pyridine rings is 1. The lowest BCUT2D eigenvalue weighted by Gasteiger charge is -2.11. The summed E-state index contributed by atoms with van der Waals surface area (Å²) in [6, 6.07) is 20.9. The fourth-order valence-electron chi connectivity index (χ4n) is 3.06. The number of imidazole rings is 1. The maximum Gasteiger partial charge on any atom is 0.205 e. The van der Waals surface area contributed by atoms with Gasteiger partial charge in [0.25, 0.3) is 0 Å². The second-order valence-electron chi connectivity index (χ2n) is 6.87. The molecule has 0 fully saturated rings. The van der Waals surface area contributed by atoms with Crippen molar-refractivity contribution in [2.45, 2.75) is 0 Å². The van der Waals surface area contributed by atoms with Gasteiger partial charge in [0, 0.05) is 43.6 Å². The largest absolute Gasteiger partial charge is 0.378 e. The van der Waals surface area contributed by atoms with Gasteiger partial charge in [-0.25, -0.2) is 9.55 Å². The molecule has 0 amide bonds. The normalized spacial score (nSPS) is 11.4. The van der Waals surface area contributed by atoms with Crippen molar-refractivity contribution in [1.82, 2.24) is 9.97 Å². The Labute approximate surface area is 159 Å². The average Bonchev–Trinajstić information content (AvgIpc) is 3.12. The third-order valence-electron chi connectivity index (χ3n) is 4.71. The van der Waals surface area contributed by atoms with E-state index >= 15 is 0 Å². The molecule has 0 aliphatic heterocycles. The number of nitrogens with zero attached hydrogens (tertiary/aromatic N) is 3. The lowest BCUT2D eigenvalue weighted by molar-refractivity contribution is -0.673. The van der Waals surface area contributed by atoms with Crippen molar-refractivity contribution < 1.29 is 4.57 Å². The lowest BCUT2D eigenvalue weighted by atomic mass is 10.1. The summed E-state index contributed by atoms with van der Waals surface area (Å²) in [6.07, 6.45) is 6.34. The molecule has 2 aromatic heterocycles. The van der Waals surface area contributed by atoms with Gasteiger partial charge in [-0.3, -0.25) is 0 Å². The van der Waals surface area contributed by atoms with E-state index in [2.05, 4.69) is 90.3 Å². The van der Waals surface area contributed by atoms with Gasteiger partial charge in [0.2, 0.25) is 5.69 Å². The zero-order valence-corrected chi connectivity index (χ0v) is 15.8. The zero-order valence-electron chi connectivity index (χ0n) is 15.8. The first kappa shape index (κ1) is 17.0. The third-order valence-corrected chi connectivity index (χ3v) is 4.71. The molecule has 4 aromatic rings. The quantitative estimate of drug-likeness (QED) is 0.554. The van der Waals surface area contributed by atoms with E-state index in [9.17, 15) is 0 Å². The van der Waals surface area contributed by atoms with Crippen LogP contribution in [0.3, 0.4) is 0 Å². The molecule has 4 heteroatoms. The van der Waals surface area contributed by atoms with Crippen LogP contribution in [0.5, 0.6) is 0 Å². The molecule has 0 radical (unpaired) electrons. The SMILES string of the molecule is CN(C)c1ccc(/C=C/c2cc(-c3nc4ccccc4[nH]3)cc[n+]2C)cc1. The highest BCUT2D eigenvalue weighted by molar-refractivity contribution is 5.79. The lowest BCUT2D eigenvalue weighted by Crippen LogP contribution is -2.30. The number of aryl methyl sites for hydroxylation is 1. The number of hydrogen-bond donors (Lipinski definition) is 1. The molecule has 0 unspecified atom stereocenters. The van der Waals surface area contributed by atoms with Crippen molar-refractivity contribution in [1.29, 1.82) is 0 Å². The van der Waals surface area contributed by atoms with Crippen molar-refractivity contribution in [3.05, 3.63) is 78.1 Å². The van der Waals surface area contributed by atoms with E-state index in [1.165, 1.54) is 11.3 Å². The van der Waals surface area contributed by atoms with Crippen LogP contribution < -0.4 is 9.47 Å². The van der Waals surface area contributed by atoms with E-state index < -0.39 is 0 Å². The van der Waals surface area contributed by atoms with Crippen molar-refractivity contribution in [2.24, 2.45) is 7.05 Å². The van der Waals surface area contributed by atoms with Gasteiger partial charge in [0.05, 0.1) is 11.0 Å². The average molecular weight is 355 g/mol. The van der Waals surface area contributed by atoms with Crippen LogP contribution in [-0.2, 0) is 7.05 Å². The Hall–Kier alpha value is -3.40. The summed E-state index contributed by atoms with van der Waals surface area (Å²) >= 11 is 0. The van der Waals surface area contributed by atoms with Crippen LogP contribution in [-0.4, -0.2) is 24.1 Å². The van der Waals surface area contributed by atoms with Crippen LogP contribution in [0.15, 0.2) is 66.9 Å². The monoisotopic (exact) mass is 355 g/mol. The molecule has 2 aromatic carbocycles. The predicted octanol–water partition coefficient (Wildman–Crippen LogP) is 4.29. The first-order valence-corrected chi connectivity index (χ1v) is 9.00. The number of para-hydroxylation sites is 2. The Morgan fingerprint density at radius 2 is 1.74 bits per heavy atom. The Morgan fingerprint density at radius 3 is 2.48 bits per heavy atom. The van der Waals surface area contributed by atoms with Gasteiger partial charge in [-0.1, -0.05) is 24.3 Å². The van der Waals surface area contributed by atoms with Crippen LogP contribution in [0.2, 0.25) is 0 Å². The molecule has 0 atom stereocenters. The van der Waals surface area contributed by atoms with Crippen molar-refractivity contribution in [2.75, 3.05) is 19.0 Å². The van der Waals surface area contributed by atoms with Crippen molar-refractivity contribution in [3.8, 4) is 11.4 Å². The maximum absolute atomic E-state index is 4.70. The van der Waals surface area contributed by atoms with Crippen LogP contribution in [0.4, 0.5) is 5.69 Å². The van der Waals surface area contributed by atoms with E-state index in [1.807, 2.05) is 24.3 Å². The van der Waals surface area contributed by atoms with Gasteiger partial charge < -0.3 is 9.88 Å². The fourth-order valence-corrected chi connectivity index (χ4v) is 3.06. The molecular formula is C23H23N4+. The number of H-pyrrole nitrogens is 1. The van der Waals surface area contributed by atoms with Gasteiger partial charge in [-0.05, 0) is 35.9 Å². The summed E-state index contributed by atoms with van der Waals surface area (Å²) < 4.78 is 2.11. The molecule has 0 spiro atoms. The second-order valence-corrected chi connectivity index (χ2v) is 6.87. The summed E-state index contributed by atoms with van der Waals surface area (Å²) in [5, 5.41) is 0. The molecule has 2 heterocycles. The van der Waals surface area contributed by atoms with E-state index in [1.54, 1.807) is 0 Å². The summed E-state index contributed by atoms with van der Waals surface area (Å²) in [7, 11) is 6.15. The van der Waals surface area contributed by atoms with Crippen LogP contribution in [0.1, 0.15) is 11.3 Å². The Bertz CT molecular complexity index is 1070. The number of benzene rings is 2. The maximum atomic E-state index is 4.70. The van der Waals surface area contributed by atoms with E-state index in [0.717, 1.165) is 28.1 Å². The summed E-state index contributed by atoms with van der Waals surface area (Å²) in [4.78, 5) is 10.2. The summed E-state index contributed by atoms with van der Waals surface area (Å²) in [5.74, 6) is 0.891. The number of anilines is 1. The number of aromatic amines is 1. The minimum atomic E-state index is 0.891. The van der Waals surface area contributed by atoms with E-state index in [-0.39, 0.29) is 0 Å². The molecular weight excluding hydrogens is 332 g/mol. The molecule has 0 saturated carbocycles. The Morgan fingerprint density at radius 1 is 0.963 bits per heavy atom. The van der Waals surface area contributed by atoms with E-state index in [4.69, 9.17) is 4.98 Å². The number of fused-ring (bicyclic) bond motifs is 1. The molecule has 0 saturated heterocycles. The third kappa shape index (κ3) is 3.60. The molecule has 0 bridgehead atoms. The minimum absolute atomic E-state index is 0.891. The highest BCUT2D eigenvalue weighted by Crippen LogP contribution is 2.21. The minimum Gasteiger partial charge on any atom is -0.378 e. The highest BCUT2D eigenvalue weighted by Gasteiger charge is 2.10. The summed E-state index contributed by atoms with van der Waals surface area (Å²) in [5.41, 5.74) is 6.61. The Balaban J connectivity index is 1.64. The van der Waals surface area contributed by atoms with Gasteiger partial charge in [0.15, 0.2) is 6.20 Å². The molecule has 4 nitrogen and oxygen atoms in total. The standard InChI is InChI=1S/C23H22N4/c1-26(2)19-11-8-17(9-12-19)10-13-20-16-18(14-15-27(20)3)23-24-21-6-4-5-7-22(21)25-23/h4-16H,1-3H3/p+1/b13-10+. The fraction of sp³-hybridized carbons (Fsp3) is 0.130. The predicted molar refractivity (Wildman–Crippen MR) is 112 cm³/mol. The number of aromatic nitrogens is 3. The van der Waals surface area contributed by atoms with Crippen molar-refractivity contribution in [3.63, 3.8) is 0 Å². The topological polar surface area (TPSA) is 35.8 Å². The van der Waals surface area contributed by atoms with Crippen LogP contribution in [0, 0.1) is 0 Å². The molecule has 1 N–H and O–H groups in total. The molecule has 0 aliphatic rings. The number of hydrogen-bond acceptors (Lipinski definition) is 2. The zero-order chi connectivity index (χ0) is 18.8. The van der Waals surface area contributed by atoms with Crippen LogP contribution in [0.25, 0.3) is 34.6 Å². The second kappa shape index (κ2) is 7.08. The first-order valence-electron chi connectivity index (χ1n) is 9.00. The van der Waals surface area contributed by atoms with Gasteiger partial charge in [-0.2, -0.15) is 0 Å². The van der Waals surface area contributed by atoms with E-state index in [0.29, 0.717) is 0 Å². The van der Waals surface area contributed by atoms with Gasteiger partial charge in [-0.15, -0.1) is 0 Å².